The van der Waals surface area contributed by atoms with Crippen LogP contribution in [-0.2, 0) is 0 Å². The molecule has 0 aliphatic heterocycles. The first-order valence-corrected chi connectivity index (χ1v) is 6.67. The highest BCUT2D eigenvalue weighted by molar-refractivity contribution is 7.13. The molecule has 0 amide bonds. The van der Waals surface area contributed by atoms with Crippen molar-refractivity contribution in [3.63, 3.8) is 0 Å². The van der Waals surface area contributed by atoms with Crippen molar-refractivity contribution in [2.45, 2.75) is 34.1 Å². The highest BCUT2D eigenvalue weighted by atomic mass is 32.1. The lowest BCUT2D eigenvalue weighted by molar-refractivity contribution is 0.101. The molecule has 0 aromatic carbocycles. The standard InChI is InChI=1S/C12H20N2OS/c1-5-9(3)7-14(6-2)12-13-11(8-16-12)10(4)15/h8-9H,5-7H2,1-4H3. The molecule has 3 nitrogen and oxygen atoms in total. The number of aromatic nitrogens is 1. The first-order chi connectivity index (χ1) is 7.58. The Morgan fingerprint density at radius 2 is 2.25 bits per heavy atom. The smallest absolute Gasteiger partial charge is 0.185 e. The highest BCUT2D eigenvalue weighted by Crippen LogP contribution is 2.22. The molecule has 0 saturated carbocycles. The lowest BCUT2D eigenvalue weighted by atomic mass is 10.1. The number of anilines is 1. The molecule has 1 atom stereocenters. The van der Waals surface area contributed by atoms with E-state index in [0.717, 1.165) is 18.2 Å². The quantitative estimate of drug-likeness (QED) is 0.716. The summed E-state index contributed by atoms with van der Waals surface area (Å²) in [5, 5.41) is 2.81. The van der Waals surface area contributed by atoms with E-state index in [1.807, 2.05) is 5.38 Å². The number of ketones is 1. The predicted octanol–water partition coefficient (Wildman–Crippen LogP) is 3.22. The lowest BCUT2D eigenvalue weighted by Crippen LogP contribution is -2.27. The zero-order valence-electron chi connectivity index (χ0n) is 10.5. The second-order valence-corrected chi connectivity index (χ2v) is 4.96. The number of Topliss-reactive ketones (excluding diaryl/α,β-unsaturated/α-hetero) is 1. The molecule has 1 aromatic heterocycles. The fraction of sp³-hybridized carbons (Fsp3) is 0.667. The molecule has 1 heterocycles. The monoisotopic (exact) mass is 240 g/mol. The average molecular weight is 240 g/mol. The van der Waals surface area contributed by atoms with Crippen molar-refractivity contribution >= 4 is 22.3 Å². The van der Waals surface area contributed by atoms with Crippen LogP contribution in [0.2, 0.25) is 0 Å². The summed E-state index contributed by atoms with van der Waals surface area (Å²) in [7, 11) is 0. The van der Waals surface area contributed by atoms with Crippen LogP contribution in [0, 0.1) is 5.92 Å². The van der Waals surface area contributed by atoms with Crippen LogP contribution < -0.4 is 4.90 Å². The lowest BCUT2D eigenvalue weighted by Gasteiger charge is -2.23. The minimum atomic E-state index is 0.0436. The van der Waals surface area contributed by atoms with Crippen molar-refractivity contribution in [3.8, 4) is 0 Å². The van der Waals surface area contributed by atoms with Gasteiger partial charge in [-0.3, -0.25) is 4.79 Å². The normalized spacial score (nSPS) is 12.5. The molecule has 0 fully saturated rings. The zero-order valence-corrected chi connectivity index (χ0v) is 11.3. The van der Waals surface area contributed by atoms with Crippen LogP contribution in [0.5, 0.6) is 0 Å². The summed E-state index contributed by atoms with van der Waals surface area (Å²) in [5.41, 5.74) is 0.586. The predicted molar refractivity (Wildman–Crippen MR) is 69.5 cm³/mol. The minimum absolute atomic E-state index is 0.0436. The molecule has 90 valence electrons. The highest BCUT2D eigenvalue weighted by Gasteiger charge is 2.13. The van der Waals surface area contributed by atoms with Crippen LogP contribution in [0.15, 0.2) is 5.38 Å². The third kappa shape index (κ3) is 3.30. The van der Waals surface area contributed by atoms with E-state index < -0.39 is 0 Å². The molecule has 0 aliphatic rings. The van der Waals surface area contributed by atoms with E-state index in [1.54, 1.807) is 18.3 Å². The largest absolute Gasteiger partial charge is 0.348 e. The van der Waals surface area contributed by atoms with Gasteiger partial charge < -0.3 is 4.90 Å². The van der Waals surface area contributed by atoms with Gasteiger partial charge in [0.05, 0.1) is 0 Å². The van der Waals surface area contributed by atoms with Crippen LogP contribution in [0.3, 0.4) is 0 Å². The van der Waals surface area contributed by atoms with Gasteiger partial charge in [-0.25, -0.2) is 4.98 Å². The average Bonchev–Trinajstić information content (AvgIpc) is 2.74. The molecule has 1 aromatic rings. The summed E-state index contributed by atoms with van der Waals surface area (Å²) in [5.74, 6) is 0.701. The number of hydrogen-bond donors (Lipinski definition) is 0. The van der Waals surface area contributed by atoms with E-state index in [1.165, 1.54) is 6.42 Å². The Bertz CT molecular complexity index is 349. The van der Waals surface area contributed by atoms with E-state index in [-0.39, 0.29) is 5.78 Å². The van der Waals surface area contributed by atoms with Gasteiger partial charge in [0.25, 0.3) is 0 Å². The molecular formula is C12H20N2OS. The van der Waals surface area contributed by atoms with Crippen molar-refractivity contribution < 1.29 is 4.79 Å². The SMILES string of the molecule is CCC(C)CN(CC)c1nc(C(C)=O)cs1. The Balaban J connectivity index is 2.74. The van der Waals surface area contributed by atoms with Gasteiger partial charge in [-0.1, -0.05) is 20.3 Å². The summed E-state index contributed by atoms with van der Waals surface area (Å²) in [6, 6.07) is 0. The molecule has 0 aliphatic carbocycles. The summed E-state index contributed by atoms with van der Waals surface area (Å²) in [6.45, 7) is 10.1. The molecule has 0 bridgehead atoms. The third-order valence-corrected chi connectivity index (χ3v) is 3.64. The molecule has 0 spiro atoms. The summed E-state index contributed by atoms with van der Waals surface area (Å²) in [4.78, 5) is 17.8. The number of carbonyl (C=O) groups excluding carboxylic acids is 1. The molecule has 1 unspecified atom stereocenters. The molecule has 4 heteroatoms. The topological polar surface area (TPSA) is 33.2 Å². The maximum atomic E-state index is 11.2. The Hall–Kier alpha value is -0.900. The van der Waals surface area contributed by atoms with Crippen LogP contribution in [0.4, 0.5) is 5.13 Å². The maximum Gasteiger partial charge on any atom is 0.185 e. The van der Waals surface area contributed by atoms with E-state index in [2.05, 4.69) is 30.7 Å². The molecule has 0 N–H and O–H groups in total. The van der Waals surface area contributed by atoms with E-state index in [4.69, 9.17) is 0 Å². The van der Waals surface area contributed by atoms with Crippen LogP contribution in [0.25, 0.3) is 0 Å². The van der Waals surface area contributed by atoms with Crippen LogP contribution in [0.1, 0.15) is 44.6 Å². The number of hydrogen-bond acceptors (Lipinski definition) is 4. The van der Waals surface area contributed by atoms with Crippen molar-refractivity contribution in [1.29, 1.82) is 0 Å². The van der Waals surface area contributed by atoms with E-state index in [0.29, 0.717) is 11.6 Å². The number of nitrogens with zero attached hydrogens (tertiary/aromatic N) is 2. The van der Waals surface area contributed by atoms with Crippen LogP contribution in [-0.4, -0.2) is 23.9 Å². The van der Waals surface area contributed by atoms with Gasteiger partial charge >= 0.3 is 0 Å². The van der Waals surface area contributed by atoms with Crippen LogP contribution >= 0.6 is 11.3 Å². The Labute approximate surface area is 101 Å². The summed E-state index contributed by atoms with van der Waals surface area (Å²) in [6.07, 6.45) is 1.17. The van der Waals surface area contributed by atoms with Crippen molar-refractivity contribution in [2.75, 3.05) is 18.0 Å². The van der Waals surface area contributed by atoms with E-state index in [9.17, 15) is 4.79 Å². The van der Waals surface area contributed by atoms with Gasteiger partial charge in [0.15, 0.2) is 10.9 Å². The fourth-order valence-corrected chi connectivity index (χ4v) is 2.36. The van der Waals surface area contributed by atoms with Crippen molar-refractivity contribution in [2.24, 2.45) is 5.92 Å². The molecule has 0 saturated heterocycles. The first kappa shape index (κ1) is 13.2. The Kier molecular flexibility index (Phi) is 4.93. The minimum Gasteiger partial charge on any atom is -0.348 e. The van der Waals surface area contributed by atoms with Gasteiger partial charge in [-0.15, -0.1) is 11.3 Å². The van der Waals surface area contributed by atoms with Gasteiger partial charge in [0, 0.05) is 25.4 Å². The second-order valence-electron chi connectivity index (χ2n) is 4.12. The molecular weight excluding hydrogens is 220 g/mol. The van der Waals surface area contributed by atoms with Crippen molar-refractivity contribution in [3.05, 3.63) is 11.1 Å². The first-order valence-electron chi connectivity index (χ1n) is 5.79. The van der Waals surface area contributed by atoms with Gasteiger partial charge in [0.2, 0.25) is 0 Å². The Morgan fingerprint density at radius 3 is 2.69 bits per heavy atom. The number of carbonyl (C=O) groups is 1. The maximum absolute atomic E-state index is 11.2. The second kappa shape index (κ2) is 5.99. The summed E-state index contributed by atoms with van der Waals surface area (Å²) < 4.78 is 0. The van der Waals surface area contributed by atoms with E-state index >= 15 is 0 Å². The Morgan fingerprint density at radius 1 is 1.56 bits per heavy atom. The van der Waals surface area contributed by atoms with Crippen molar-refractivity contribution in [1.82, 2.24) is 4.98 Å². The zero-order chi connectivity index (χ0) is 12.1. The molecule has 0 radical (unpaired) electrons. The number of rotatable bonds is 6. The summed E-state index contributed by atoms with van der Waals surface area (Å²) >= 11 is 1.56. The van der Waals surface area contributed by atoms with Gasteiger partial charge in [-0.2, -0.15) is 0 Å². The van der Waals surface area contributed by atoms with Gasteiger partial charge in [0.1, 0.15) is 5.69 Å². The third-order valence-electron chi connectivity index (χ3n) is 2.73. The van der Waals surface area contributed by atoms with Gasteiger partial charge in [-0.05, 0) is 12.8 Å². The number of thiazole rings is 1. The molecule has 1 rings (SSSR count). The molecule has 16 heavy (non-hydrogen) atoms. The fourth-order valence-electron chi connectivity index (χ4n) is 1.42.